The van der Waals surface area contributed by atoms with E-state index in [9.17, 15) is 0 Å². The largest absolute Gasteiger partial charge is 0.449 e. The van der Waals surface area contributed by atoms with Crippen molar-refractivity contribution >= 4 is 11.6 Å². The molecule has 2 atom stereocenters. The van der Waals surface area contributed by atoms with Crippen LogP contribution in [0, 0.1) is 0 Å². The Hall–Kier alpha value is -0.510. The minimum atomic E-state index is 0.185. The molecular weight excluding hydrogens is 190 g/mol. The van der Waals surface area contributed by atoms with Crippen molar-refractivity contribution in [3.05, 3.63) is 23.1 Å². The normalized spacial score (nSPS) is 28.2. The molecule has 0 aliphatic carbocycles. The highest BCUT2D eigenvalue weighted by Gasteiger charge is 2.26. The number of hydrogen-bond donors (Lipinski definition) is 2. The molecule has 1 fully saturated rings. The van der Waals surface area contributed by atoms with Gasteiger partial charge in [-0.1, -0.05) is 0 Å². The van der Waals surface area contributed by atoms with E-state index in [-0.39, 0.29) is 12.6 Å². The Morgan fingerprint density at radius 1 is 1.62 bits per heavy atom. The predicted octanol–water partition coefficient (Wildman–Crippen LogP) is 1.37. The van der Waals surface area contributed by atoms with Crippen LogP contribution in [0.15, 0.2) is 16.5 Å². The molecule has 72 valence electrons. The Labute approximate surface area is 81.7 Å². The topological polar surface area (TPSA) is 45.4 Å². The van der Waals surface area contributed by atoms with Gasteiger partial charge in [-0.05, 0) is 30.2 Å². The lowest BCUT2D eigenvalue weighted by Crippen LogP contribution is -2.24. The zero-order valence-corrected chi connectivity index (χ0v) is 7.92. The molecule has 1 aromatic rings. The van der Waals surface area contributed by atoms with Crippen molar-refractivity contribution in [3.63, 3.8) is 0 Å². The molecule has 0 spiro atoms. The second-order valence-electron chi connectivity index (χ2n) is 3.36. The number of aliphatic hydroxyl groups excluding tert-OH is 1. The molecule has 2 N–H and O–H groups in total. The van der Waals surface area contributed by atoms with Crippen LogP contribution >= 0.6 is 11.6 Å². The van der Waals surface area contributed by atoms with Crippen molar-refractivity contribution in [1.29, 1.82) is 0 Å². The van der Waals surface area contributed by atoms with Gasteiger partial charge in [-0.3, -0.25) is 0 Å². The summed E-state index contributed by atoms with van der Waals surface area (Å²) in [6.45, 7) is 1.04. The second kappa shape index (κ2) is 3.70. The molecule has 2 unspecified atom stereocenters. The molecule has 0 saturated carbocycles. The van der Waals surface area contributed by atoms with Gasteiger partial charge in [-0.2, -0.15) is 0 Å². The minimum absolute atomic E-state index is 0.185. The van der Waals surface area contributed by atoms with Gasteiger partial charge in [0.05, 0.1) is 6.61 Å². The summed E-state index contributed by atoms with van der Waals surface area (Å²) in [4.78, 5) is 0. The maximum absolute atomic E-state index is 8.92. The van der Waals surface area contributed by atoms with Crippen molar-refractivity contribution in [2.75, 3.05) is 13.2 Å². The van der Waals surface area contributed by atoms with Crippen molar-refractivity contribution in [3.8, 4) is 0 Å². The molecular formula is C9H12ClNO2. The zero-order chi connectivity index (χ0) is 9.26. The van der Waals surface area contributed by atoms with E-state index in [4.69, 9.17) is 21.1 Å². The van der Waals surface area contributed by atoms with Crippen LogP contribution in [0.4, 0.5) is 0 Å². The molecule has 2 heterocycles. The molecule has 1 aliphatic rings. The number of rotatable bonds is 2. The Bertz CT molecular complexity index is 287. The molecule has 0 radical (unpaired) electrons. The maximum Gasteiger partial charge on any atom is 0.193 e. The quantitative estimate of drug-likeness (QED) is 0.760. The standard InChI is InChI=1S/C9H12ClNO2/c10-9-2-1-8(13-9)6-3-7(5-12)11-4-6/h1-2,6-7,11-12H,3-5H2. The molecule has 0 bridgehead atoms. The summed E-state index contributed by atoms with van der Waals surface area (Å²) in [5.41, 5.74) is 0. The van der Waals surface area contributed by atoms with Gasteiger partial charge in [-0.25, -0.2) is 0 Å². The first-order valence-electron chi connectivity index (χ1n) is 4.39. The Balaban J connectivity index is 2.03. The third kappa shape index (κ3) is 1.88. The van der Waals surface area contributed by atoms with Crippen molar-refractivity contribution < 1.29 is 9.52 Å². The minimum Gasteiger partial charge on any atom is -0.449 e. The van der Waals surface area contributed by atoms with Crippen molar-refractivity contribution in [2.24, 2.45) is 0 Å². The molecule has 0 amide bonds. The third-order valence-electron chi connectivity index (χ3n) is 2.44. The lowest BCUT2D eigenvalue weighted by Gasteiger charge is -2.04. The van der Waals surface area contributed by atoms with E-state index in [1.807, 2.05) is 6.07 Å². The summed E-state index contributed by atoms with van der Waals surface area (Å²) < 4.78 is 5.30. The average molecular weight is 202 g/mol. The first kappa shape index (κ1) is 9.06. The van der Waals surface area contributed by atoms with Crippen LogP contribution in [-0.4, -0.2) is 24.3 Å². The lowest BCUT2D eigenvalue weighted by atomic mass is 10.0. The summed E-state index contributed by atoms with van der Waals surface area (Å²) in [7, 11) is 0. The monoisotopic (exact) mass is 201 g/mol. The van der Waals surface area contributed by atoms with Crippen LogP contribution in [0.5, 0.6) is 0 Å². The highest BCUT2D eigenvalue weighted by Crippen LogP contribution is 2.28. The lowest BCUT2D eigenvalue weighted by molar-refractivity contribution is 0.254. The second-order valence-corrected chi connectivity index (χ2v) is 3.73. The van der Waals surface area contributed by atoms with E-state index in [2.05, 4.69) is 5.32 Å². The molecule has 2 rings (SSSR count). The summed E-state index contributed by atoms with van der Waals surface area (Å²) in [5.74, 6) is 1.26. The van der Waals surface area contributed by atoms with E-state index < -0.39 is 0 Å². The van der Waals surface area contributed by atoms with Gasteiger partial charge in [0.25, 0.3) is 0 Å². The Morgan fingerprint density at radius 3 is 3.00 bits per heavy atom. The number of halogens is 1. The summed E-state index contributed by atoms with van der Waals surface area (Å²) in [6, 6.07) is 3.85. The van der Waals surface area contributed by atoms with Crippen molar-refractivity contribution in [2.45, 2.75) is 18.4 Å². The van der Waals surface area contributed by atoms with E-state index in [0.29, 0.717) is 11.1 Å². The van der Waals surface area contributed by atoms with Crippen LogP contribution in [-0.2, 0) is 0 Å². The van der Waals surface area contributed by atoms with Gasteiger partial charge in [0.1, 0.15) is 5.76 Å². The SMILES string of the molecule is OCC1CC(c2ccc(Cl)o2)CN1. The first-order chi connectivity index (χ1) is 6.29. The van der Waals surface area contributed by atoms with Crippen molar-refractivity contribution in [1.82, 2.24) is 5.32 Å². The molecule has 0 aromatic carbocycles. The van der Waals surface area contributed by atoms with E-state index in [1.165, 1.54) is 0 Å². The van der Waals surface area contributed by atoms with Gasteiger partial charge >= 0.3 is 0 Å². The van der Waals surface area contributed by atoms with Crippen LogP contribution in [0.2, 0.25) is 5.22 Å². The molecule has 13 heavy (non-hydrogen) atoms. The first-order valence-corrected chi connectivity index (χ1v) is 4.77. The average Bonchev–Trinajstić information content (AvgIpc) is 2.71. The fourth-order valence-corrected chi connectivity index (χ4v) is 1.87. The molecule has 3 nitrogen and oxygen atoms in total. The Kier molecular flexibility index (Phi) is 2.58. The van der Waals surface area contributed by atoms with E-state index >= 15 is 0 Å². The molecule has 1 saturated heterocycles. The van der Waals surface area contributed by atoms with Crippen LogP contribution in [0.25, 0.3) is 0 Å². The fourth-order valence-electron chi connectivity index (χ4n) is 1.72. The third-order valence-corrected chi connectivity index (χ3v) is 2.64. The van der Waals surface area contributed by atoms with Gasteiger partial charge in [0.15, 0.2) is 5.22 Å². The van der Waals surface area contributed by atoms with Crippen LogP contribution < -0.4 is 5.32 Å². The summed E-state index contributed by atoms with van der Waals surface area (Å²) in [5, 5.41) is 12.6. The number of furan rings is 1. The molecule has 4 heteroatoms. The van der Waals surface area contributed by atoms with Gasteiger partial charge in [-0.15, -0.1) is 0 Å². The van der Waals surface area contributed by atoms with E-state index in [1.54, 1.807) is 6.07 Å². The van der Waals surface area contributed by atoms with Gasteiger partial charge < -0.3 is 14.8 Å². The maximum atomic E-state index is 8.92. The Morgan fingerprint density at radius 2 is 2.46 bits per heavy atom. The molecule has 1 aromatic heterocycles. The number of nitrogens with one attached hydrogen (secondary N) is 1. The highest BCUT2D eigenvalue weighted by molar-refractivity contribution is 6.28. The highest BCUT2D eigenvalue weighted by atomic mass is 35.5. The number of aliphatic hydroxyl groups is 1. The number of hydrogen-bond acceptors (Lipinski definition) is 3. The van der Waals surface area contributed by atoms with E-state index in [0.717, 1.165) is 18.7 Å². The zero-order valence-electron chi connectivity index (χ0n) is 7.16. The van der Waals surface area contributed by atoms with Crippen LogP contribution in [0.1, 0.15) is 18.1 Å². The van der Waals surface area contributed by atoms with Gasteiger partial charge in [0.2, 0.25) is 0 Å². The summed E-state index contributed by atoms with van der Waals surface area (Å²) in [6.07, 6.45) is 0.917. The molecule has 1 aliphatic heterocycles. The van der Waals surface area contributed by atoms with Gasteiger partial charge in [0, 0.05) is 18.5 Å². The smallest absolute Gasteiger partial charge is 0.193 e. The summed E-state index contributed by atoms with van der Waals surface area (Å²) >= 11 is 5.67. The fraction of sp³-hybridized carbons (Fsp3) is 0.556. The predicted molar refractivity (Wildman–Crippen MR) is 50.0 cm³/mol. The van der Waals surface area contributed by atoms with Crippen LogP contribution in [0.3, 0.4) is 0 Å².